The normalized spacial score (nSPS) is 11.8. The first-order valence-electron chi connectivity index (χ1n) is 9.85. The molecule has 0 spiro atoms. The van der Waals surface area contributed by atoms with E-state index in [9.17, 15) is 14.4 Å². The molecular weight excluding hydrogens is 376 g/mol. The van der Waals surface area contributed by atoms with Crippen LogP contribution in [0.25, 0.3) is 11.1 Å². The molecule has 0 saturated carbocycles. The minimum absolute atomic E-state index is 0.0449. The van der Waals surface area contributed by atoms with Crippen LogP contribution in [0.4, 0.5) is 0 Å². The highest BCUT2D eigenvalue weighted by molar-refractivity contribution is 6.22. The fourth-order valence-corrected chi connectivity index (χ4v) is 4.07. The number of hydrogen-bond acceptors (Lipinski definition) is 4. The Bertz CT molecular complexity index is 1210. The molecule has 0 aliphatic heterocycles. The third-order valence-electron chi connectivity index (χ3n) is 5.94. The predicted molar refractivity (Wildman–Crippen MR) is 115 cm³/mol. The SMILES string of the molecule is Cc1cc(C)c(C)c(C(=O)COC(=O)c2ccc3c(c2)-c2ccccc2C3=O)c1C. The van der Waals surface area contributed by atoms with Gasteiger partial charge in [0.1, 0.15) is 0 Å². The molecule has 1 aliphatic rings. The maximum absolute atomic E-state index is 12.8. The van der Waals surface area contributed by atoms with E-state index in [1.165, 1.54) is 0 Å². The topological polar surface area (TPSA) is 60.4 Å². The third-order valence-corrected chi connectivity index (χ3v) is 5.94. The highest BCUT2D eigenvalue weighted by Gasteiger charge is 2.27. The lowest BCUT2D eigenvalue weighted by molar-refractivity contribution is 0.0474. The van der Waals surface area contributed by atoms with Crippen molar-refractivity contribution in [3.05, 3.63) is 93.0 Å². The Hall–Kier alpha value is -3.53. The number of fused-ring (bicyclic) bond motifs is 3. The standard InChI is InChI=1S/C26H22O4/c1-14-11-15(2)17(4)24(16(14)3)23(27)13-30-26(29)18-9-10-21-22(12-18)19-7-5-6-8-20(19)25(21)28/h5-12H,13H2,1-4H3. The number of carbonyl (C=O) groups excluding carboxylic acids is 3. The maximum Gasteiger partial charge on any atom is 0.338 e. The largest absolute Gasteiger partial charge is 0.454 e. The summed E-state index contributed by atoms with van der Waals surface area (Å²) >= 11 is 0. The Labute approximate surface area is 175 Å². The minimum atomic E-state index is -0.581. The zero-order chi connectivity index (χ0) is 21.6. The molecule has 150 valence electrons. The molecule has 0 saturated heterocycles. The maximum atomic E-state index is 12.8. The van der Waals surface area contributed by atoms with Gasteiger partial charge in [-0.3, -0.25) is 9.59 Å². The van der Waals surface area contributed by atoms with Crippen molar-refractivity contribution in [1.29, 1.82) is 0 Å². The molecule has 0 atom stereocenters. The zero-order valence-corrected chi connectivity index (χ0v) is 17.5. The average Bonchev–Trinajstić information content (AvgIpc) is 3.03. The van der Waals surface area contributed by atoms with E-state index >= 15 is 0 Å². The number of ether oxygens (including phenoxy) is 1. The molecule has 30 heavy (non-hydrogen) atoms. The molecule has 4 nitrogen and oxygen atoms in total. The summed E-state index contributed by atoms with van der Waals surface area (Å²) in [5.74, 6) is -0.842. The fraction of sp³-hybridized carbons (Fsp3) is 0.192. The first-order chi connectivity index (χ1) is 14.3. The van der Waals surface area contributed by atoms with E-state index in [0.29, 0.717) is 22.3 Å². The Balaban J connectivity index is 1.56. The lowest BCUT2D eigenvalue weighted by atomic mass is 9.92. The molecule has 0 bridgehead atoms. The number of carbonyl (C=O) groups is 3. The van der Waals surface area contributed by atoms with Crippen molar-refractivity contribution < 1.29 is 19.1 Å². The van der Waals surface area contributed by atoms with Crippen molar-refractivity contribution in [2.45, 2.75) is 27.7 Å². The van der Waals surface area contributed by atoms with Crippen LogP contribution in [0.15, 0.2) is 48.5 Å². The van der Waals surface area contributed by atoms with Crippen LogP contribution in [0.3, 0.4) is 0 Å². The summed E-state index contributed by atoms with van der Waals surface area (Å²) < 4.78 is 5.34. The van der Waals surface area contributed by atoms with Gasteiger partial charge < -0.3 is 4.74 Å². The molecule has 0 radical (unpaired) electrons. The lowest BCUT2D eigenvalue weighted by Crippen LogP contribution is -2.17. The second-order valence-electron chi connectivity index (χ2n) is 7.77. The van der Waals surface area contributed by atoms with Crippen LogP contribution >= 0.6 is 0 Å². The molecule has 0 fully saturated rings. The summed E-state index contributed by atoms with van der Waals surface area (Å²) in [6.07, 6.45) is 0. The molecule has 3 aromatic carbocycles. The number of ketones is 2. The number of hydrogen-bond donors (Lipinski definition) is 0. The molecule has 1 aliphatic carbocycles. The van der Waals surface area contributed by atoms with Gasteiger partial charge in [0.15, 0.2) is 12.4 Å². The van der Waals surface area contributed by atoms with E-state index in [4.69, 9.17) is 4.74 Å². The van der Waals surface area contributed by atoms with Gasteiger partial charge in [0.05, 0.1) is 5.56 Å². The smallest absolute Gasteiger partial charge is 0.338 e. The molecule has 0 amide bonds. The van der Waals surface area contributed by atoms with Gasteiger partial charge in [-0.15, -0.1) is 0 Å². The summed E-state index contributed by atoms with van der Waals surface area (Å²) in [7, 11) is 0. The predicted octanol–water partition coefficient (Wildman–Crippen LogP) is 5.17. The third kappa shape index (κ3) is 3.14. The number of benzene rings is 3. The summed E-state index contributed by atoms with van der Waals surface area (Å²) in [6, 6.07) is 14.3. The first kappa shape index (κ1) is 19.8. The van der Waals surface area contributed by atoms with Crippen LogP contribution in [0, 0.1) is 27.7 Å². The quantitative estimate of drug-likeness (QED) is 0.351. The fourth-order valence-electron chi connectivity index (χ4n) is 4.07. The molecule has 4 heteroatoms. The van der Waals surface area contributed by atoms with Crippen LogP contribution in [-0.4, -0.2) is 24.1 Å². The molecule has 0 N–H and O–H groups in total. The van der Waals surface area contributed by atoms with E-state index in [-0.39, 0.29) is 18.2 Å². The highest BCUT2D eigenvalue weighted by atomic mass is 16.5. The summed E-state index contributed by atoms with van der Waals surface area (Å²) in [5, 5.41) is 0. The molecule has 3 aromatic rings. The molecule has 4 rings (SSSR count). The zero-order valence-electron chi connectivity index (χ0n) is 17.5. The number of rotatable bonds is 4. The van der Waals surface area contributed by atoms with Crippen LogP contribution in [0.2, 0.25) is 0 Å². The molecular formula is C26H22O4. The Kier molecular flexibility index (Phi) is 4.86. The summed E-state index contributed by atoms with van der Waals surface area (Å²) in [6.45, 7) is 7.43. The van der Waals surface area contributed by atoms with E-state index in [1.807, 2.05) is 45.9 Å². The number of Topliss-reactive ketones (excluding diaryl/α,β-unsaturated/α-hetero) is 1. The first-order valence-corrected chi connectivity index (χ1v) is 9.85. The molecule has 0 aromatic heterocycles. The average molecular weight is 398 g/mol. The second-order valence-corrected chi connectivity index (χ2v) is 7.77. The van der Waals surface area contributed by atoms with Crippen molar-refractivity contribution >= 4 is 17.5 Å². The minimum Gasteiger partial charge on any atom is -0.454 e. The van der Waals surface area contributed by atoms with E-state index in [1.54, 1.807) is 24.3 Å². The van der Waals surface area contributed by atoms with E-state index in [0.717, 1.165) is 33.4 Å². The van der Waals surface area contributed by atoms with Crippen molar-refractivity contribution in [3.63, 3.8) is 0 Å². The monoisotopic (exact) mass is 398 g/mol. The second kappa shape index (κ2) is 7.38. The van der Waals surface area contributed by atoms with Gasteiger partial charge >= 0.3 is 5.97 Å². The van der Waals surface area contributed by atoms with Gasteiger partial charge in [0.25, 0.3) is 0 Å². The van der Waals surface area contributed by atoms with Crippen LogP contribution in [0.5, 0.6) is 0 Å². The number of esters is 1. The van der Waals surface area contributed by atoms with Gasteiger partial charge in [-0.05, 0) is 79.3 Å². The molecule has 0 heterocycles. The highest BCUT2D eigenvalue weighted by Crippen LogP contribution is 2.37. The van der Waals surface area contributed by atoms with Gasteiger partial charge in [-0.25, -0.2) is 4.79 Å². The molecule has 0 unspecified atom stereocenters. The summed E-state index contributed by atoms with van der Waals surface area (Å²) in [4.78, 5) is 37.9. The van der Waals surface area contributed by atoms with Crippen LogP contribution < -0.4 is 0 Å². The van der Waals surface area contributed by atoms with Crippen molar-refractivity contribution in [3.8, 4) is 11.1 Å². The van der Waals surface area contributed by atoms with Crippen molar-refractivity contribution in [2.75, 3.05) is 6.61 Å². The van der Waals surface area contributed by atoms with Gasteiger partial charge in [-0.2, -0.15) is 0 Å². The van der Waals surface area contributed by atoms with Gasteiger partial charge in [0, 0.05) is 16.7 Å². The van der Waals surface area contributed by atoms with Crippen LogP contribution in [0.1, 0.15) is 58.9 Å². The van der Waals surface area contributed by atoms with Gasteiger partial charge in [0.2, 0.25) is 5.78 Å². The Morgan fingerprint density at radius 1 is 0.767 bits per heavy atom. The van der Waals surface area contributed by atoms with E-state index in [2.05, 4.69) is 6.07 Å². The van der Waals surface area contributed by atoms with Crippen molar-refractivity contribution in [2.24, 2.45) is 0 Å². The Morgan fingerprint density at radius 3 is 2.03 bits per heavy atom. The van der Waals surface area contributed by atoms with Gasteiger partial charge in [-0.1, -0.05) is 30.3 Å². The van der Waals surface area contributed by atoms with Crippen molar-refractivity contribution in [1.82, 2.24) is 0 Å². The summed E-state index contributed by atoms with van der Waals surface area (Å²) in [5.41, 5.74) is 7.57. The van der Waals surface area contributed by atoms with E-state index < -0.39 is 5.97 Å². The lowest BCUT2D eigenvalue weighted by Gasteiger charge is -2.14. The van der Waals surface area contributed by atoms with Crippen LogP contribution in [-0.2, 0) is 4.74 Å². The Morgan fingerprint density at radius 2 is 1.37 bits per heavy atom. The number of aryl methyl sites for hydroxylation is 2.